The van der Waals surface area contributed by atoms with E-state index in [0.29, 0.717) is 33.7 Å². The minimum absolute atomic E-state index is 0.0296. The number of nitrogens with zero attached hydrogens (tertiary/aromatic N) is 1. The van der Waals surface area contributed by atoms with E-state index in [0.717, 1.165) is 11.1 Å². The number of morpholine rings is 1. The summed E-state index contributed by atoms with van der Waals surface area (Å²) < 4.78 is 12.2. The molecule has 2 saturated heterocycles. The van der Waals surface area contributed by atoms with E-state index in [1.807, 2.05) is 71.6 Å². The molecule has 0 saturated carbocycles. The Morgan fingerprint density at radius 1 is 0.850 bits per heavy atom. The molecule has 0 radical (unpaired) electrons. The van der Waals surface area contributed by atoms with Gasteiger partial charge in [0.1, 0.15) is 29.9 Å². The molecule has 7 atom stereocenters. The molecule has 7 N–H and O–H groups in total. The maximum absolute atomic E-state index is 15.3. The zero-order chi connectivity index (χ0) is 41.8. The van der Waals surface area contributed by atoms with Crippen molar-refractivity contribution in [3.05, 3.63) is 167 Å². The van der Waals surface area contributed by atoms with Gasteiger partial charge in [0.2, 0.25) is 11.8 Å². The first-order valence-electron chi connectivity index (χ1n) is 19.6. The van der Waals surface area contributed by atoms with Gasteiger partial charge in [0, 0.05) is 17.8 Å². The van der Waals surface area contributed by atoms with E-state index in [4.69, 9.17) is 15.2 Å². The first-order chi connectivity index (χ1) is 29.2. The predicted molar refractivity (Wildman–Crippen MR) is 221 cm³/mol. The number of primary amides is 1. The molecule has 13 heteroatoms. The molecule has 304 valence electrons. The first-order valence-corrected chi connectivity index (χ1v) is 19.6. The molecule has 3 heterocycles. The van der Waals surface area contributed by atoms with Gasteiger partial charge in [0.15, 0.2) is 0 Å². The van der Waals surface area contributed by atoms with Gasteiger partial charge in [-0.25, -0.2) is 4.79 Å². The van der Waals surface area contributed by atoms with Crippen LogP contribution in [0.4, 0.5) is 10.5 Å². The number of carbonyl (C=O) groups excluding carboxylic acids is 4. The van der Waals surface area contributed by atoms with Crippen molar-refractivity contribution < 1.29 is 38.9 Å². The number of aliphatic hydroxyl groups excluding tert-OH is 2. The Hall–Kier alpha value is -6.98. The van der Waals surface area contributed by atoms with Gasteiger partial charge < -0.3 is 41.4 Å². The lowest BCUT2D eigenvalue weighted by molar-refractivity contribution is -0.178. The lowest BCUT2D eigenvalue weighted by Gasteiger charge is -2.46. The van der Waals surface area contributed by atoms with Gasteiger partial charge in [-0.15, -0.1) is 0 Å². The number of esters is 1. The molecule has 5 aromatic rings. The van der Waals surface area contributed by atoms with E-state index in [2.05, 4.69) is 27.8 Å². The Labute approximate surface area is 346 Å². The minimum Gasteiger partial charge on any atom is -0.491 e. The fourth-order valence-corrected chi connectivity index (χ4v) is 8.96. The summed E-state index contributed by atoms with van der Waals surface area (Å²) in [7, 11) is 0. The molecule has 5 aromatic carbocycles. The molecule has 0 aliphatic carbocycles. The van der Waals surface area contributed by atoms with Gasteiger partial charge in [-0.05, 0) is 58.1 Å². The topological polar surface area (TPSA) is 193 Å². The van der Waals surface area contributed by atoms with Crippen LogP contribution in [0.1, 0.15) is 57.7 Å². The van der Waals surface area contributed by atoms with E-state index in [9.17, 15) is 19.8 Å². The Morgan fingerprint density at radius 2 is 1.52 bits per heavy atom. The number of nitrogens with one attached hydrogen (secondary N) is 3. The molecule has 3 aliphatic rings. The van der Waals surface area contributed by atoms with Crippen molar-refractivity contribution in [1.82, 2.24) is 15.5 Å². The number of carbonyl (C=O) groups is 4. The highest BCUT2D eigenvalue weighted by molar-refractivity contribution is 6.12. The Morgan fingerprint density at radius 3 is 2.18 bits per heavy atom. The van der Waals surface area contributed by atoms with Crippen molar-refractivity contribution in [2.24, 2.45) is 11.7 Å². The smallest absolute Gasteiger partial charge is 0.324 e. The van der Waals surface area contributed by atoms with Crippen LogP contribution in [0.2, 0.25) is 0 Å². The molecule has 7 unspecified atom stereocenters. The summed E-state index contributed by atoms with van der Waals surface area (Å²) in [6.07, 6.45) is -1.95. The highest BCUT2D eigenvalue weighted by Crippen LogP contribution is 2.64. The molecule has 0 aromatic heterocycles. The maximum Gasteiger partial charge on any atom is 0.324 e. The second-order valence-electron chi connectivity index (χ2n) is 14.8. The third-order valence-corrected chi connectivity index (χ3v) is 11.4. The Bertz CT molecular complexity index is 2440. The summed E-state index contributed by atoms with van der Waals surface area (Å²) in [4.78, 5) is 58.9. The van der Waals surface area contributed by atoms with Crippen molar-refractivity contribution in [2.75, 3.05) is 31.6 Å². The van der Waals surface area contributed by atoms with Crippen molar-refractivity contribution in [2.45, 2.75) is 35.7 Å². The number of nitrogens with two attached hydrogens (primary N) is 1. The van der Waals surface area contributed by atoms with E-state index in [-0.39, 0.29) is 26.3 Å². The number of anilines is 1. The van der Waals surface area contributed by atoms with Crippen LogP contribution in [0.5, 0.6) is 5.75 Å². The summed E-state index contributed by atoms with van der Waals surface area (Å²) >= 11 is 0. The quantitative estimate of drug-likeness (QED) is 0.0839. The third-order valence-electron chi connectivity index (χ3n) is 11.4. The van der Waals surface area contributed by atoms with Crippen LogP contribution in [0.3, 0.4) is 0 Å². The highest BCUT2D eigenvalue weighted by Gasteiger charge is 2.74. The first kappa shape index (κ1) is 39.8. The summed E-state index contributed by atoms with van der Waals surface area (Å²) in [6.45, 7) is -0.368. The van der Waals surface area contributed by atoms with Crippen molar-refractivity contribution in [3.8, 4) is 17.6 Å². The number of benzene rings is 5. The number of ether oxygens (including phenoxy) is 2. The lowest BCUT2D eigenvalue weighted by Crippen LogP contribution is -2.55. The fourth-order valence-electron chi connectivity index (χ4n) is 8.96. The zero-order valence-electron chi connectivity index (χ0n) is 32.4. The van der Waals surface area contributed by atoms with Gasteiger partial charge in [0.05, 0.1) is 37.3 Å². The largest absolute Gasteiger partial charge is 0.491 e. The normalized spacial score (nSPS) is 23.3. The van der Waals surface area contributed by atoms with Crippen LogP contribution in [-0.4, -0.2) is 71.3 Å². The monoisotopic (exact) mass is 805 g/mol. The van der Waals surface area contributed by atoms with E-state index in [1.165, 1.54) is 0 Å². The number of aliphatic hydroxyl groups is 2. The predicted octanol–water partition coefficient (Wildman–Crippen LogP) is 4.20. The van der Waals surface area contributed by atoms with Crippen LogP contribution >= 0.6 is 0 Å². The van der Waals surface area contributed by atoms with Crippen LogP contribution < -0.4 is 26.4 Å². The second kappa shape index (κ2) is 17.1. The molecule has 1 spiro atoms. The average molecular weight is 806 g/mol. The lowest BCUT2D eigenvalue weighted by atomic mass is 9.65. The van der Waals surface area contributed by atoms with Crippen LogP contribution in [0.15, 0.2) is 133 Å². The molecule has 13 nitrogen and oxygen atoms in total. The van der Waals surface area contributed by atoms with Crippen LogP contribution in [0, 0.1) is 17.8 Å². The van der Waals surface area contributed by atoms with Gasteiger partial charge in [0.25, 0.3) is 0 Å². The maximum atomic E-state index is 15.3. The molecular weight excluding hydrogens is 763 g/mol. The summed E-state index contributed by atoms with van der Waals surface area (Å²) in [5, 5.41) is 29.1. The molecular formula is C47H43N5O8. The molecule has 2 fully saturated rings. The number of hydrogen-bond acceptors (Lipinski definition) is 9. The SMILES string of the molecule is NC(=O)NCC#Cc1ccc2c(c1)C1(C(=O)N2)C(C(=O)NCC(O)c2ccccc2)C2C(=O)OC(c3ccccc3)C(c3ccccc3)N2C1c1ccc(OCCO)cc1. The molecule has 8 rings (SSSR count). The molecule has 4 amide bonds. The van der Waals surface area contributed by atoms with Gasteiger partial charge >= 0.3 is 12.0 Å². The Kier molecular flexibility index (Phi) is 11.3. The molecule has 60 heavy (non-hydrogen) atoms. The van der Waals surface area contributed by atoms with Gasteiger partial charge in [-0.1, -0.05) is 115 Å². The van der Waals surface area contributed by atoms with Gasteiger partial charge in [-0.3, -0.25) is 19.3 Å². The zero-order valence-corrected chi connectivity index (χ0v) is 32.4. The van der Waals surface area contributed by atoms with Crippen molar-refractivity contribution >= 4 is 29.5 Å². The van der Waals surface area contributed by atoms with E-state index in [1.54, 1.807) is 66.7 Å². The van der Waals surface area contributed by atoms with E-state index >= 15 is 9.59 Å². The number of urea groups is 1. The Balaban J connectivity index is 1.36. The van der Waals surface area contributed by atoms with Crippen molar-refractivity contribution in [3.63, 3.8) is 0 Å². The minimum atomic E-state index is -1.80. The summed E-state index contributed by atoms with van der Waals surface area (Å²) in [5.41, 5.74) is 7.48. The second-order valence-corrected chi connectivity index (χ2v) is 14.8. The van der Waals surface area contributed by atoms with E-state index < -0.39 is 65.5 Å². The third kappa shape index (κ3) is 7.32. The molecule has 3 aliphatic heterocycles. The number of amides is 4. The van der Waals surface area contributed by atoms with Gasteiger partial charge in [-0.2, -0.15) is 0 Å². The standard InChI is InChI=1S/C47H43N5O8/c48-46(58)49-24-10-11-29-18-23-36-35(27-29)47(45(57)51-36)38(43(55)50-28-37(54)30-12-4-1-5-13-30)40-44(56)60-41(32-16-8-3-9-17-32)39(31-14-6-2-7-15-31)52(40)42(47)33-19-21-34(22-20-33)59-26-25-53/h1-9,12-23,27,37-42,53-54H,24-26,28H2,(H,50,55)(H,51,57)(H3,48,49,58). The summed E-state index contributed by atoms with van der Waals surface area (Å²) in [6, 6.07) is 36.3. The van der Waals surface area contributed by atoms with Crippen LogP contribution in [-0.2, 0) is 24.5 Å². The van der Waals surface area contributed by atoms with Crippen LogP contribution in [0.25, 0.3) is 0 Å². The number of cyclic esters (lactones) is 1. The molecule has 0 bridgehead atoms. The average Bonchev–Trinajstić information content (AvgIpc) is 3.75. The summed E-state index contributed by atoms with van der Waals surface area (Å²) in [5.74, 6) is 3.12. The fraction of sp³-hybridized carbons (Fsp3) is 0.234. The number of rotatable bonds is 11. The highest BCUT2D eigenvalue weighted by atomic mass is 16.6. The van der Waals surface area contributed by atoms with Crippen molar-refractivity contribution in [1.29, 1.82) is 0 Å². The number of hydrogen-bond donors (Lipinski definition) is 6. The number of fused-ring (bicyclic) bond motifs is 3.